The summed E-state index contributed by atoms with van der Waals surface area (Å²) in [6.45, 7) is 0. The number of benzene rings is 1. The Hall–Kier alpha value is -0.300. The molecule has 0 heterocycles. The summed E-state index contributed by atoms with van der Waals surface area (Å²) >= 11 is 3.95. The Balaban J connectivity index is 1.57. The lowest BCUT2D eigenvalue weighted by Gasteiger charge is -2.14. The van der Waals surface area contributed by atoms with Gasteiger partial charge in [0.2, 0.25) is 0 Å². The third-order valence-corrected chi connectivity index (χ3v) is 6.39. The topological polar surface area (TPSA) is 0 Å². The van der Waals surface area contributed by atoms with Crippen molar-refractivity contribution in [1.29, 1.82) is 0 Å². The van der Waals surface area contributed by atoms with E-state index in [1.165, 1.54) is 18.4 Å². The van der Waals surface area contributed by atoms with Crippen LogP contribution in [-0.4, -0.2) is 0 Å². The first-order valence-corrected chi connectivity index (χ1v) is 7.47. The summed E-state index contributed by atoms with van der Waals surface area (Å²) in [6, 6.07) is 11.0. The normalized spacial score (nSPS) is 45.4. The van der Waals surface area contributed by atoms with Crippen molar-refractivity contribution in [2.24, 2.45) is 29.6 Å². The highest BCUT2D eigenvalue weighted by molar-refractivity contribution is 9.09. The van der Waals surface area contributed by atoms with E-state index in [9.17, 15) is 0 Å². The summed E-state index contributed by atoms with van der Waals surface area (Å²) in [7, 11) is 0. The second-order valence-electron chi connectivity index (χ2n) is 5.88. The predicted molar refractivity (Wildman–Crippen MR) is 69.4 cm³/mol. The smallest absolute Gasteiger partial charge is 0.0429 e. The molecule has 0 N–H and O–H groups in total. The fourth-order valence-electron chi connectivity index (χ4n) is 4.64. The molecule has 0 spiro atoms. The third-order valence-electron chi connectivity index (χ3n) is 5.25. The Labute approximate surface area is 106 Å². The summed E-state index contributed by atoms with van der Waals surface area (Å²) in [5.41, 5.74) is 1.49. The summed E-state index contributed by atoms with van der Waals surface area (Å²) in [4.78, 5) is 0.618. The molecule has 4 rings (SSSR count). The molecule has 84 valence electrons. The van der Waals surface area contributed by atoms with Gasteiger partial charge in [-0.3, -0.25) is 0 Å². The molecule has 3 fully saturated rings. The summed E-state index contributed by atoms with van der Waals surface area (Å²) in [5, 5.41) is 0. The first-order chi connectivity index (χ1) is 7.86. The molecule has 16 heavy (non-hydrogen) atoms. The molecule has 0 saturated heterocycles. The maximum atomic E-state index is 3.95. The van der Waals surface area contributed by atoms with Crippen molar-refractivity contribution in [3.05, 3.63) is 35.9 Å². The maximum Gasteiger partial charge on any atom is 0.0429 e. The standard InChI is InChI=1S/C15H17Br/c16-15(9-4-2-1-3-5-9)14-12-10-6-7-11(8-10)13(12)14/h1-5,10-15H,6-8H2. The van der Waals surface area contributed by atoms with Crippen molar-refractivity contribution in [3.8, 4) is 0 Å². The van der Waals surface area contributed by atoms with Gasteiger partial charge in [0, 0.05) is 4.83 Å². The van der Waals surface area contributed by atoms with Crippen LogP contribution in [0, 0.1) is 29.6 Å². The van der Waals surface area contributed by atoms with E-state index in [4.69, 9.17) is 0 Å². The predicted octanol–water partition coefficient (Wildman–Crippen LogP) is 4.41. The molecule has 0 aromatic heterocycles. The molecule has 3 aliphatic rings. The number of hydrogen-bond acceptors (Lipinski definition) is 0. The largest absolute Gasteiger partial charge is 0.0836 e. The van der Waals surface area contributed by atoms with Crippen LogP contribution in [0.25, 0.3) is 0 Å². The van der Waals surface area contributed by atoms with Crippen molar-refractivity contribution in [3.63, 3.8) is 0 Å². The molecule has 3 saturated carbocycles. The lowest BCUT2D eigenvalue weighted by Crippen LogP contribution is -2.03. The maximum absolute atomic E-state index is 3.95. The Morgan fingerprint density at radius 1 is 1.00 bits per heavy atom. The molecule has 5 atom stereocenters. The minimum atomic E-state index is 0.618. The molecule has 1 heteroatoms. The van der Waals surface area contributed by atoms with Gasteiger partial charge in [-0.05, 0) is 54.4 Å². The molecule has 5 unspecified atom stereocenters. The minimum Gasteiger partial charge on any atom is -0.0836 e. The molecule has 0 amide bonds. The second kappa shape index (κ2) is 3.35. The van der Waals surface area contributed by atoms with Gasteiger partial charge in [0.25, 0.3) is 0 Å². The van der Waals surface area contributed by atoms with Gasteiger partial charge in [-0.1, -0.05) is 46.3 Å². The summed E-state index contributed by atoms with van der Waals surface area (Å²) in [6.07, 6.45) is 4.61. The molecule has 0 nitrogen and oxygen atoms in total. The number of fused-ring (bicyclic) bond motifs is 5. The van der Waals surface area contributed by atoms with Crippen molar-refractivity contribution in [2.45, 2.75) is 24.1 Å². The van der Waals surface area contributed by atoms with E-state index in [1.807, 2.05) is 0 Å². The first-order valence-electron chi connectivity index (χ1n) is 6.55. The molecule has 0 aliphatic heterocycles. The highest BCUT2D eigenvalue weighted by Gasteiger charge is 2.66. The van der Waals surface area contributed by atoms with E-state index in [0.29, 0.717) is 4.83 Å². The Kier molecular flexibility index (Phi) is 2.03. The average Bonchev–Trinajstić information content (AvgIpc) is 2.77. The van der Waals surface area contributed by atoms with Crippen molar-refractivity contribution >= 4 is 15.9 Å². The quantitative estimate of drug-likeness (QED) is 0.702. The van der Waals surface area contributed by atoms with Gasteiger partial charge in [0.05, 0.1) is 0 Å². The van der Waals surface area contributed by atoms with E-state index in [0.717, 1.165) is 29.6 Å². The Morgan fingerprint density at radius 3 is 2.25 bits per heavy atom. The van der Waals surface area contributed by atoms with E-state index >= 15 is 0 Å². The Morgan fingerprint density at radius 2 is 1.62 bits per heavy atom. The van der Waals surface area contributed by atoms with E-state index in [-0.39, 0.29) is 0 Å². The van der Waals surface area contributed by atoms with Gasteiger partial charge in [-0.15, -0.1) is 0 Å². The molecule has 2 bridgehead atoms. The van der Waals surface area contributed by atoms with Crippen LogP contribution >= 0.6 is 15.9 Å². The van der Waals surface area contributed by atoms with Crippen LogP contribution in [0.2, 0.25) is 0 Å². The third kappa shape index (κ3) is 1.21. The zero-order valence-electron chi connectivity index (χ0n) is 9.35. The van der Waals surface area contributed by atoms with Gasteiger partial charge in [0.1, 0.15) is 0 Å². The van der Waals surface area contributed by atoms with Crippen LogP contribution in [0.5, 0.6) is 0 Å². The van der Waals surface area contributed by atoms with Gasteiger partial charge in [-0.25, -0.2) is 0 Å². The zero-order valence-corrected chi connectivity index (χ0v) is 10.9. The van der Waals surface area contributed by atoms with Crippen LogP contribution in [0.4, 0.5) is 0 Å². The highest BCUT2D eigenvalue weighted by Crippen LogP contribution is 2.73. The van der Waals surface area contributed by atoms with Crippen molar-refractivity contribution < 1.29 is 0 Å². The monoisotopic (exact) mass is 276 g/mol. The SMILES string of the molecule is BrC(c1ccccc1)C1C2C3CCC(C3)C21. The number of halogens is 1. The fourth-order valence-corrected chi connectivity index (χ4v) is 5.65. The van der Waals surface area contributed by atoms with Crippen LogP contribution in [-0.2, 0) is 0 Å². The molecular formula is C15H17Br. The lowest BCUT2D eigenvalue weighted by molar-refractivity contribution is 0.456. The summed E-state index contributed by atoms with van der Waals surface area (Å²) < 4.78 is 0. The van der Waals surface area contributed by atoms with E-state index in [2.05, 4.69) is 46.3 Å². The minimum absolute atomic E-state index is 0.618. The summed E-state index contributed by atoms with van der Waals surface area (Å²) in [5.74, 6) is 5.27. The molecule has 1 aromatic carbocycles. The van der Waals surface area contributed by atoms with Crippen LogP contribution in [0.3, 0.4) is 0 Å². The van der Waals surface area contributed by atoms with Crippen molar-refractivity contribution in [1.82, 2.24) is 0 Å². The number of rotatable bonds is 2. The first kappa shape index (κ1) is 9.70. The second-order valence-corrected chi connectivity index (χ2v) is 6.86. The molecular weight excluding hydrogens is 260 g/mol. The van der Waals surface area contributed by atoms with Crippen LogP contribution in [0.1, 0.15) is 29.7 Å². The van der Waals surface area contributed by atoms with E-state index in [1.54, 1.807) is 6.42 Å². The average molecular weight is 277 g/mol. The molecule has 3 aliphatic carbocycles. The lowest BCUT2D eigenvalue weighted by atomic mass is 9.97. The van der Waals surface area contributed by atoms with Gasteiger partial charge in [0.15, 0.2) is 0 Å². The van der Waals surface area contributed by atoms with Gasteiger partial charge < -0.3 is 0 Å². The van der Waals surface area contributed by atoms with E-state index < -0.39 is 0 Å². The fraction of sp³-hybridized carbons (Fsp3) is 0.600. The Bertz CT molecular complexity index is 383. The van der Waals surface area contributed by atoms with Crippen LogP contribution < -0.4 is 0 Å². The van der Waals surface area contributed by atoms with Gasteiger partial charge >= 0.3 is 0 Å². The number of hydrogen-bond donors (Lipinski definition) is 0. The zero-order chi connectivity index (χ0) is 10.7. The molecule has 1 aromatic rings. The van der Waals surface area contributed by atoms with Gasteiger partial charge in [-0.2, -0.15) is 0 Å². The molecule has 0 radical (unpaired) electrons. The van der Waals surface area contributed by atoms with Crippen molar-refractivity contribution in [2.75, 3.05) is 0 Å². The van der Waals surface area contributed by atoms with Crippen LogP contribution in [0.15, 0.2) is 30.3 Å². The number of alkyl halides is 1. The highest BCUT2D eigenvalue weighted by atomic mass is 79.9.